The Morgan fingerprint density at radius 3 is 3.00 bits per heavy atom. The van der Waals surface area contributed by atoms with E-state index < -0.39 is 18.2 Å². The molecule has 5 heteroatoms. The molecule has 0 amide bonds. The summed E-state index contributed by atoms with van der Waals surface area (Å²) in [5, 5.41) is 17.4. The highest BCUT2D eigenvalue weighted by Gasteiger charge is 2.38. The second-order valence-corrected chi connectivity index (χ2v) is 3.65. The van der Waals surface area contributed by atoms with E-state index in [4.69, 9.17) is 14.9 Å². The van der Waals surface area contributed by atoms with Gasteiger partial charge in [-0.3, -0.25) is 5.41 Å². The molecular formula is C12H13NO4. The van der Waals surface area contributed by atoms with Crippen LogP contribution in [0.2, 0.25) is 0 Å². The number of hydrogen-bond donors (Lipinski definition) is 2. The molecule has 1 aliphatic rings. The van der Waals surface area contributed by atoms with Gasteiger partial charge >= 0.3 is 5.97 Å². The monoisotopic (exact) mass is 235 g/mol. The smallest absolute Gasteiger partial charge is 0.339 e. The highest BCUT2D eigenvalue weighted by molar-refractivity contribution is 5.96. The molecule has 17 heavy (non-hydrogen) atoms. The number of carbonyl (C=O) groups is 1. The topological polar surface area (TPSA) is 79.6 Å². The van der Waals surface area contributed by atoms with Crippen molar-refractivity contribution < 1.29 is 19.4 Å². The Morgan fingerprint density at radius 2 is 2.29 bits per heavy atom. The van der Waals surface area contributed by atoms with Crippen molar-refractivity contribution in [3.05, 3.63) is 35.4 Å². The minimum absolute atomic E-state index is 0.0334. The van der Waals surface area contributed by atoms with Crippen molar-refractivity contribution in [1.82, 2.24) is 0 Å². The van der Waals surface area contributed by atoms with E-state index in [0.717, 1.165) is 0 Å². The van der Waals surface area contributed by atoms with Crippen LogP contribution in [0, 0.1) is 5.41 Å². The zero-order valence-corrected chi connectivity index (χ0v) is 9.34. The predicted molar refractivity (Wildman–Crippen MR) is 59.7 cm³/mol. The van der Waals surface area contributed by atoms with Gasteiger partial charge in [-0.1, -0.05) is 18.2 Å². The number of aliphatic hydroxyl groups excluding tert-OH is 1. The van der Waals surface area contributed by atoms with Crippen molar-refractivity contribution in [1.29, 1.82) is 5.41 Å². The van der Waals surface area contributed by atoms with Crippen LogP contribution in [0.25, 0.3) is 0 Å². The highest BCUT2D eigenvalue weighted by atomic mass is 16.6. The Kier molecular flexibility index (Phi) is 3.10. The molecule has 0 saturated heterocycles. The molecule has 5 nitrogen and oxygen atoms in total. The SMILES string of the molecule is CCOC(=O)[C@@H](O)[C@@H]1OC(=N)c2ccccc21. The van der Waals surface area contributed by atoms with Crippen molar-refractivity contribution in [2.75, 3.05) is 6.61 Å². The van der Waals surface area contributed by atoms with Gasteiger partial charge in [0.05, 0.1) is 6.61 Å². The van der Waals surface area contributed by atoms with Crippen LogP contribution >= 0.6 is 0 Å². The number of carbonyl (C=O) groups excluding carboxylic acids is 1. The summed E-state index contributed by atoms with van der Waals surface area (Å²) in [6.07, 6.45) is -2.25. The third-order valence-corrected chi connectivity index (χ3v) is 2.57. The summed E-state index contributed by atoms with van der Waals surface area (Å²) in [5.41, 5.74) is 1.24. The number of aliphatic hydroxyl groups is 1. The maximum Gasteiger partial charge on any atom is 0.339 e. The van der Waals surface area contributed by atoms with Gasteiger partial charge in [0, 0.05) is 11.1 Å². The first-order valence-electron chi connectivity index (χ1n) is 5.34. The molecule has 1 heterocycles. The van der Waals surface area contributed by atoms with Crippen LogP contribution in [0.5, 0.6) is 0 Å². The first-order chi connectivity index (χ1) is 8.15. The number of esters is 1. The Morgan fingerprint density at radius 1 is 1.59 bits per heavy atom. The lowest BCUT2D eigenvalue weighted by atomic mass is 10.0. The summed E-state index contributed by atoms with van der Waals surface area (Å²) in [6.45, 7) is 1.86. The van der Waals surface area contributed by atoms with Crippen LogP contribution in [-0.4, -0.2) is 29.7 Å². The summed E-state index contributed by atoms with van der Waals surface area (Å²) in [7, 11) is 0. The van der Waals surface area contributed by atoms with Crippen LogP contribution < -0.4 is 0 Å². The highest BCUT2D eigenvalue weighted by Crippen LogP contribution is 2.33. The number of ether oxygens (including phenoxy) is 2. The molecule has 0 saturated carbocycles. The standard InChI is InChI=1S/C12H13NO4/c1-2-16-12(15)9(14)10-7-5-3-4-6-8(7)11(13)17-10/h3-6,9-10,13-14H,2H2,1H3/t9-,10+/m0/s1. The van der Waals surface area contributed by atoms with Crippen LogP contribution in [0.3, 0.4) is 0 Å². The quantitative estimate of drug-likeness (QED) is 0.766. The van der Waals surface area contributed by atoms with Gasteiger partial charge in [0.25, 0.3) is 0 Å². The first kappa shape index (κ1) is 11.6. The summed E-state index contributed by atoms with van der Waals surface area (Å²) in [5.74, 6) is -0.768. The molecule has 90 valence electrons. The molecule has 0 unspecified atom stereocenters. The summed E-state index contributed by atoms with van der Waals surface area (Å²) < 4.78 is 9.92. The summed E-state index contributed by atoms with van der Waals surface area (Å²) in [4.78, 5) is 11.4. The van der Waals surface area contributed by atoms with Gasteiger partial charge in [-0.2, -0.15) is 0 Å². The first-order valence-corrected chi connectivity index (χ1v) is 5.34. The third kappa shape index (κ3) is 2.01. The van der Waals surface area contributed by atoms with Gasteiger partial charge in [0.2, 0.25) is 5.90 Å². The molecular weight excluding hydrogens is 222 g/mol. The third-order valence-electron chi connectivity index (χ3n) is 2.57. The summed E-state index contributed by atoms with van der Waals surface area (Å²) >= 11 is 0. The lowest BCUT2D eigenvalue weighted by Gasteiger charge is -2.16. The molecule has 2 atom stereocenters. The molecule has 0 spiro atoms. The molecule has 0 aliphatic carbocycles. The Bertz CT molecular complexity index is 458. The zero-order chi connectivity index (χ0) is 12.4. The maximum absolute atomic E-state index is 11.4. The predicted octanol–water partition coefficient (Wildman–Crippen LogP) is 1.01. The number of nitrogens with one attached hydrogen (secondary N) is 1. The van der Waals surface area contributed by atoms with E-state index in [-0.39, 0.29) is 12.5 Å². The van der Waals surface area contributed by atoms with Crippen molar-refractivity contribution in [2.24, 2.45) is 0 Å². The van der Waals surface area contributed by atoms with Crippen molar-refractivity contribution in [2.45, 2.75) is 19.1 Å². The van der Waals surface area contributed by atoms with Crippen LogP contribution in [0.1, 0.15) is 24.2 Å². The van der Waals surface area contributed by atoms with Crippen LogP contribution in [0.15, 0.2) is 24.3 Å². The van der Waals surface area contributed by atoms with E-state index in [9.17, 15) is 9.90 Å². The molecule has 0 fully saturated rings. The second-order valence-electron chi connectivity index (χ2n) is 3.65. The van der Waals surface area contributed by atoms with Gasteiger partial charge in [-0.05, 0) is 13.0 Å². The average Bonchev–Trinajstić information content (AvgIpc) is 2.67. The second kappa shape index (κ2) is 4.55. The largest absolute Gasteiger partial charge is 0.466 e. The Hall–Kier alpha value is -1.88. The molecule has 1 aliphatic heterocycles. The minimum atomic E-state index is -1.40. The van der Waals surface area contributed by atoms with Crippen molar-refractivity contribution >= 4 is 11.9 Å². The van der Waals surface area contributed by atoms with Crippen LogP contribution in [-0.2, 0) is 14.3 Å². The van der Waals surface area contributed by atoms with Gasteiger partial charge in [0.1, 0.15) is 0 Å². The lowest BCUT2D eigenvalue weighted by molar-refractivity contribution is -0.158. The maximum atomic E-state index is 11.4. The lowest BCUT2D eigenvalue weighted by Crippen LogP contribution is -2.30. The van der Waals surface area contributed by atoms with E-state index in [1.165, 1.54) is 0 Å². The number of hydrogen-bond acceptors (Lipinski definition) is 5. The van der Waals surface area contributed by atoms with E-state index >= 15 is 0 Å². The molecule has 1 aromatic carbocycles. The average molecular weight is 235 g/mol. The molecule has 2 rings (SSSR count). The van der Waals surface area contributed by atoms with Gasteiger partial charge < -0.3 is 14.6 Å². The molecule has 0 radical (unpaired) electrons. The van der Waals surface area contributed by atoms with Gasteiger partial charge in [-0.15, -0.1) is 0 Å². The molecule has 0 aromatic heterocycles. The van der Waals surface area contributed by atoms with Crippen LogP contribution in [0.4, 0.5) is 0 Å². The van der Waals surface area contributed by atoms with E-state index in [2.05, 4.69) is 0 Å². The fourth-order valence-electron chi connectivity index (χ4n) is 1.79. The Balaban J connectivity index is 2.25. The van der Waals surface area contributed by atoms with Gasteiger partial charge in [-0.25, -0.2) is 4.79 Å². The molecule has 2 N–H and O–H groups in total. The van der Waals surface area contributed by atoms with Gasteiger partial charge in [0.15, 0.2) is 12.2 Å². The van der Waals surface area contributed by atoms with E-state index in [0.29, 0.717) is 11.1 Å². The normalized spacial score (nSPS) is 19.4. The van der Waals surface area contributed by atoms with Crippen molar-refractivity contribution in [3.8, 4) is 0 Å². The Labute approximate surface area is 98.5 Å². The number of benzene rings is 1. The fraction of sp³-hybridized carbons (Fsp3) is 0.333. The van der Waals surface area contributed by atoms with Crippen molar-refractivity contribution in [3.63, 3.8) is 0 Å². The number of fused-ring (bicyclic) bond motifs is 1. The fourth-order valence-corrected chi connectivity index (χ4v) is 1.79. The minimum Gasteiger partial charge on any atom is -0.466 e. The van der Waals surface area contributed by atoms with E-state index in [1.807, 2.05) is 0 Å². The molecule has 0 bridgehead atoms. The molecule has 1 aromatic rings. The summed E-state index contributed by atoms with van der Waals surface area (Å²) in [6, 6.07) is 6.99. The van der Waals surface area contributed by atoms with E-state index in [1.54, 1.807) is 31.2 Å². The zero-order valence-electron chi connectivity index (χ0n) is 9.34. The number of rotatable bonds is 3.